The van der Waals surface area contributed by atoms with Crippen LogP contribution in [-0.2, 0) is 23.8 Å². The van der Waals surface area contributed by atoms with Crippen molar-refractivity contribution in [3.8, 4) is 0 Å². The first-order valence-corrected chi connectivity index (χ1v) is 8.35. The summed E-state index contributed by atoms with van der Waals surface area (Å²) in [5.74, 6) is -1.46. The predicted molar refractivity (Wildman–Crippen MR) is 91.0 cm³/mol. The number of rotatable bonds is 3. The van der Waals surface area contributed by atoms with E-state index in [-0.39, 0.29) is 6.42 Å². The summed E-state index contributed by atoms with van der Waals surface area (Å²) in [5.41, 5.74) is -3.05. The SMILES string of the molecule is COC(=O)[C@@]1(C(=O)OC(C)(C)C)C[C@H](NC(=O)OC(C)(C)C)CCN1. The lowest BCUT2D eigenvalue weighted by molar-refractivity contribution is -0.174. The van der Waals surface area contributed by atoms with Gasteiger partial charge in [-0.15, -0.1) is 0 Å². The van der Waals surface area contributed by atoms with Gasteiger partial charge in [0.1, 0.15) is 11.2 Å². The van der Waals surface area contributed by atoms with Gasteiger partial charge in [-0.3, -0.25) is 5.32 Å². The predicted octanol–water partition coefficient (Wildman–Crippen LogP) is 1.52. The molecule has 0 radical (unpaired) electrons. The van der Waals surface area contributed by atoms with Crippen LogP contribution >= 0.6 is 0 Å². The number of nitrogens with one attached hydrogen (secondary N) is 2. The molecule has 1 rings (SSSR count). The monoisotopic (exact) mass is 358 g/mol. The Balaban J connectivity index is 2.94. The fraction of sp³-hybridized carbons (Fsp3) is 0.824. The van der Waals surface area contributed by atoms with Crippen molar-refractivity contribution in [2.24, 2.45) is 0 Å². The zero-order valence-corrected chi connectivity index (χ0v) is 16.1. The standard InChI is InChI=1S/C17H30N2O6/c1-15(2,3)24-13(21)17(12(20)23-7)10-11(8-9-18-17)19-14(22)25-16(4,5)6/h11,18H,8-10H2,1-7H3,(H,19,22)/t11-,17-/m1/s1. The smallest absolute Gasteiger partial charge is 0.407 e. The van der Waals surface area contributed by atoms with Gasteiger partial charge in [0.15, 0.2) is 0 Å². The number of amides is 1. The normalized spacial score (nSPS) is 24.2. The summed E-state index contributed by atoms with van der Waals surface area (Å²) in [5, 5.41) is 5.63. The van der Waals surface area contributed by atoms with Crippen LogP contribution in [0.2, 0.25) is 0 Å². The van der Waals surface area contributed by atoms with E-state index in [1.54, 1.807) is 41.5 Å². The van der Waals surface area contributed by atoms with Crippen LogP contribution in [0.1, 0.15) is 54.4 Å². The lowest BCUT2D eigenvalue weighted by Gasteiger charge is -2.39. The van der Waals surface area contributed by atoms with Gasteiger partial charge in [-0.25, -0.2) is 14.4 Å². The summed E-state index contributed by atoms with van der Waals surface area (Å²) in [6.45, 7) is 10.8. The number of methoxy groups -OCH3 is 1. The molecule has 1 heterocycles. The topological polar surface area (TPSA) is 103 Å². The molecule has 1 fully saturated rings. The minimum Gasteiger partial charge on any atom is -0.467 e. The molecule has 2 N–H and O–H groups in total. The third kappa shape index (κ3) is 6.19. The summed E-state index contributed by atoms with van der Waals surface area (Å²) >= 11 is 0. The number of hydrogen-bond donors (Lipinski definition) is 2. The second-order valence-corrected chi connectivity index (χ2v) is 8.16. The lowest BCUT2D eigenvalue weighted by Crippen LogP contribution is -2.66. The number of esters is 2. The maximum atomic E-state index is 12.7. The van der Waals surface area contributed by atoms with Crippen LogP contribution in [0.4, 0.5) is 4.79 Å². The first-order valence-electron chi connectivity index (χ1n) is 8.35. The fourth-order valence-electron chi connectivity index (χ4n) is 2.53. The summed E-state index contributed by atoms with van der Waals surface area (Å²) in [6, 6.07) is -0.428. The van der Waals surface area contributed by atoms with Gasteiger partial charge in [-0.1, -0.05) is 0 Å². The molecule has 1 amide bonds. The van der Waals surface area contributed by atoms with Gasteiger partial charge in [0.05, 0.1) is 7.11 Å². The first kappa shape index (κ1) is 21.2. The van der Waals surface area contributed by atoms with Crippen molar-refractivity contribution in [1.82, 2.24) is 10.6 Å². The minimum absolute atomic E-state index is 0.0217. The third-order valence-electron chi connectivity index (χ3n) is 3.47. The second-order valence-electron chi connectivity index (χ2n) is 8.16. The molecule has 1 saturated heterocycles. The quantitative estimate of drug-likeness (QED) is 0.448. The van der Waals surface area contributed by atoms with E-state index >= 15 is 0 Å². The number of ether oxygens (including phenoxy) is 3. The molecule has 0 unspecified atom stereocenters. The van der Waals surface area contributed by atoms with Crippen LogP contribution < -0.4 is 10.6 Å². The van der Waals surface area contributed by atoms with Gasteiger partial charge in [0.2, 0.25) is 5.54 Å². The molecule has 0 aliphatic carbocycles. The molecular formula is C17H30N2O6. The van der Waals surface area contributed by atoms with Crippen molar-refractivity contribution in [1.29, 1.82) is 0 Å². The van der Waals surface area contributed by atoms with Crippen LogP contribution in [0.5, 0.6) is 0 Å². The highest BCUT2D eigenvalue weighted by Gasteiger charge is 2.53. The highest BCUT2D eigenvalue weighted by molar-refractivity contribution is 6.05. The molecule has 0 bridgehead atoms. The molecule has 8 nitrogen and oxygen atoms in total. The number of carbonyl (C=O) groups is 3. The van der Waals surface area contributed by atoms with Crippen LogP contribution in [0.3, 0.4) is 0 Å². The Morgan fingerprint density at radius 2 is 1.56 bits per heavy atom. The summed E-state index contributed by atoms with van der Waals surface area (Å²) < 4.78 is 15.4. The molecule has 0 saturated carbocycles. The van der Waals surface area contributed by atoms with Crippen molar-refractivity contribution >= 4 is 18.0 Å². The Bertz CT molecular complexity index is 520. The largest absolute Gasteiger partial charge is 0.467 e. The van der Waals surface area contributed by atoms with Gasteiger partial charge in [0.25, 0.3) is 0 Å². The Labute approximate surface area is 148 Å². The second kappa shape index (κ2) is 7.59. The van der Waals surface area contributed by atoms with E-state index in [1.165, 1.54) is 7.11 Å². The van der Waals surface area contributed by atoms with Gasteiger partial charge >= 0.3 is 18.0 Å². The first-order chi connectivity index (χ1) is 11.3. The number of alkyl carbamates (subject to hydrolysis) is 1. The summed E-state index contributed by atoms with van der Waals surface area (Å²) in [6.07, 6.45) is -0.0309. The van der Waals surface area contributed by atoms with Crippen LogP contribution in [0.15, 0.2) is 0 Å². The van der Waals surface area contributed by atoms with E-state index in [0.29, 0.717) is 13.0 Å². The summed E-state index contributed by atoms with van der Waals surface area (Å²) in [7, 11) is 1.21. The molecule has 8 heteroatoms. The van der Waals surface area contributed by atoms with Crippen molar-refractivity contribution in [3.05, 3.63) is 0 Å². The Morgan fingerprint density at radius 1 is 1.00 bits per heavy atom. The van der Waals surface area contributed by atoms with E-state index in [0.717, 1.165) is 0 Å². The van der Waals surface area contributed by atoms with Crippen molar-refractivity contribution in [3.63, 3.8) is 0 Å². The van der Waals surface area contributed by atoms with Crippen molar-refractivity contribution in [2.75, 3.05) is 13.7 Å². The van der Waals surface area contributed by atoms with Crippen molar-refractivity contribution < 1.29 is 28.6 Å². The van der Waals surface area contributed by atoms with E-state index in [9.17, 15) is 14.4 Å². The molecule has 0 spiro atoms. The zero-order chi connectivity index (χ0) is 19.5. The fourth-order valence-corrected chi connectivity index (χ4v) is 2.53. The minimum atomic E-state index is -1.65. The number of carbonyl (C=O) groups excluding carboxylic acids is 3. The summed E-state index contributed by atoms with van der Waals surface area (Å²) in [4.78, 5) is 37.0. The van der Waals surface area contributed by atoms with Gasteiger partial charge in [-0.05, 0) is 54.5 Å². The van der Waals surface area contributed by atoms with E-state index in [1.807, 2.05) is 0 Å². The van der Waals surface area contributed by atoms with Gasteiger partial charge in [0, 0.05) is 12.5 Å². The molecule has 25 heavy (non-hydrogen) atoms. The van der Waals surface area contributed by atoms with E-state index in [4.69, 9.17) is 14.2 Å². The van der Waals surface area contributed by atoms with E-state index in [2.05, 4.69) is 10.6 Å². The zero-order valence-electron chi connectivity index (χ0n) is 16.1. The molecule has 2 atom stereocenters. The van der Waals surface area contributed by atoms with Gasteiger partial charge in [-0.2, -0.15) is 0 Å². The Hall–Kier alpha value is -1.83. The maximum absolute atomic E-state index is 12.7. The lowest BCUT2D eigenvalue weighted by atomic mass is 9.85. The molecule has 1 aliphatic heterocycles. The average molecular weight is 358 g/mol. The van der Waals surface area contributed by atoms with Crippen LogP contribution in [0, 0.1) is 0 Å². The molecular weight excluding hydrogens is 328 g/mol. The highest BCUT2D eigenvalue weighted by Crippen LogP contribution is 2.26. The Kier molecular flexibility index (Phi) is 6.44. The van der Waals surface area contributed by atoms with Crippen molar-refractivity contribution in [2.45, 2.75) is 77.2 Å². The molecule has 0 aromatic heterocycles. The van der Waals surface area contributed by atoms with E-state index < -0.39 is 40.8 Å². The van der Waals surface area contributed by atoms with Crippen LogP contribution in [-0.4, -0.2) is 54.5 Å². The van der Waals surface area contributed by atoms with Crippen LogP contribution in [0.25, 0.3) is 0 Å². The maximum Gasteiger partial charge on any atom is 0.407 e. The average Bonchev–Trinajstić information content (AvgIpc) is 2.42. The number of piperidine rings is 1. The number of hydrogen-bond acceptors (Lipinski definition) is 7. The molecule has 0 aromatic rings. The highest BCUT2D eigenvalue weighted by atomic mass is 16.6. The molecule has 0 aromatic carbocycles. The molecule has 144 valence electrons. The Morgan fingerprint density at radius 3 is 2.04 bits per heavy atom. The van der Waals surface area contributed by atoms with Gasteiger partial charge < -0.3 is 19.5 Å². The third-order valence-corrected chi connectivity index (χ3v) is 3.47. The molecule has 1 aliphatic rings.